The molecule has 0 aliphatic carbocycles. The van der Waals surface area contributed by atoms with E-state index in [1.807, 2.05) is 11.0 Å². The highest BCUT2D eigenvalue weighted by Crippen LogP contribution is 2.23. The van der Waals surface area contributed by atoms with Crippen molar-refractivity contribution in [3.05, 3.63) is 64.7 Å². The van der Waals surface area contributed by atoms with Gasteiger partial charge in [-0.15, -0.1) is 12.4 Å². The Labute approximate surface area is 169 Å². The largest absolute Gasteiger partial charge is 0.368 e. The second kappa shape index (κ2) is 9.65. The molecule has 0 spiro atoms. The molecule has 0 radical (unpaired) electrons. The number of aryl methyl sites for hydroxylation is 2. The molecular formula is C22H30ClN3O. The minimum absolute atomic E-state index is 0. The number of hydrogen-bond acceptors (Lipinski definition) is 2. The van der Waals surface area contributed by atoms with Crippen molar-refractivity contribution in [1.29, 1.82) is 0 Å². The summed E-state index contributed by atoms with van der Waals surface area (Å²) in [5, 5.41) is 3.07. The molecule has 4 nitrogen and oxygen atoms in total. The molecule has 1 aliphatic rings. The lowest BCUT2D eigenvalue weighted by atomic mass is 10.1. The summed E-state index contributed by atoms with van der Waals surface area (Å²) in [4.78, 5) is 16.8. The van der Waals surface area contributed by atoms with Crippen molar-refractivity contribution in [3.63, 3.8) is 0 Å². The molecule has 27 heavy (non-hydrogen) atoms. The minimum Gasteiger partial charge on any atom is -0.368 e. The van der Waals surface area contributed by atoms with Crippen LogP contribution in [0.1, 0.15) is 22.3 Å². The predicted molar refractivity (Wildman–Crippen MR) is 115 cm³/mol. The fraction of sp³-hybridized carbons (Fsp3) is 0.409. The first-order valence-corrected chi connectivity index (χ1v) is 9.44. The smallest absolute Gasteiger partial charge is 0.317 e. The maximum absolute atomic E-state index is 12.4. The number of benzene rings is 2. The van der Waals surface area contributed by atoms with Gasteiger partial charge in [0.25, 0.3) is 0 Å². The van der Waals surface area contributed by atoms with Crippen molar-refractivity contribution in [2.24, 2.45) is 0 Å². The zero-order chi connectivity index (χ0) is 18.5. The number of piperazine rings is 1. The Morgan fingerprint density at radius 3 is 2.30 bits per heavy atom. The van der Waals surface area contributed by atoms with Crippen LogP contribution >= 0.6 is 12.4 Å². The lowest BCUT2D eigenvalue weighted by Gasteiger charge is -2.37. The van der Waals surface area contributed by atoms with E-state index in [1.165, 1.54) is 27.9 Å². The van der Waals surface area contributed by atoms with Gasteiger partial charge in [-0.2, -0.15) is 0 Å². The summed E-state index contributed by atoms with van der Waals surface area (Å²) in [6.45, 7) is 10.4. The van der Waals surface area contributed by atoms with E-state index >= 15 is 0 Å². The third-order valence-electron chi connectivity index (χ3n) is 5.42. The summed E-state index contributed by atoms with van der Waals surface area (Å²) in [6, 6.07) is 14.8. The monoisotopic (exact) mass is 387 g/mol. The molecule has 1 saturated heterocycles. The molecule has 1 aliphatic heterocycles. The van der Waals surface area contributed by atoms with Crippen LogP contribution in [-0.2, 0) is 6.42 Å². The number of urea groups is 1. The minimum atomic E-state index is 0. The van der Waals surface area contributed by atoms with Crippen LogP contribution in [0.3, 0.4) is 0 Å². The number of amides is 2. The molecule has 1 N–H and O–H groups in total. The fourth-order valence-corrected chi connectivity index (χ4v) is 3.54. The normalized spacial score (nSPS) is 13.9. The fourth-order valence-electron chi connectivity index (χ4n) is 3.54. The summed E-state index contributed by atoms with van der Waals surface area (Å²) in [5.41, 5.74) is 6.53. The summed E-state index contributed by atoms with van der Waals surface area (Å²) < 4.78 is 0. The maximum atomic E-state index is 12.4. The molecule has 146 valence electrons. The number of anilines is 1. The Morgan fingerprint density at radius 2 is 1.59 bits per heavy atom. The van der Waals surface area contributed by atoms with E-state index in [0.29, 0.717) is 6.54 Å². The molecule has 2 aromatic carbocycles. The van der Waals surface area contributed by atoms with Crippen molar-refractivity contribution in [2.45, 2.75) is 27.2 Å². The van der Waals surface area contributed by atoms with Crippen molar-refractivity contribution >= 4 is 24.1 Å². The average Bonchev–Trinajstić information content (AvgIpc) is 2.65. The number of carbonyl (C=O) groups excluding carboxylic acids is 1. The zero-order valence-corrected chi connectivity index (χ0v) is 17.3. The Kier molecular flexibility index (Phi) is 7.55. The predicted octanol–water partition coefficient (Wildman–Crippen LogP) is 4.11. The number of nitrogens with one attached hydrogen (secondary N) is 1. The standard InChI is InChI=1S/C22H29N3O.ClH/c1-17-8-6-10-21(19(17)3)24-13-15-25(16-14-24)22(26)23-12-11-20-9-5-4-7-18(20)2;/h4-10H,11-16H2,1-3H3,(H,23,26);1H. The number of halogens is 1. The topological polar surface area (TPSA) is 35.6 Å². The van der Waals surface area contributed by atoms with E-state index in [4.69, 9.17) is 0 Å². The van der Waals surface area contributed by atoms with Gasteiger partial charge in [-0.3, -0.25) is 0 Å². The highest BCUT2D eigenvalue weighted by atomic mass is 35.5. The van der Waals surface area contributed by atoms with Gasteiger partial charge in [-0.1, -0.05) is 36.4 Å². The Morgan fingerprint density at radius 1 is 0.926 bits per heavy atom. The summed E-state index contributed by atoms with van der Waals surface area (Å²) >= 11 is 0. The van der Waals surface area contributed by atoms with Gasteiger partial charge >= 0.3 is 6.03 Å². The van der Waals surface area contributed by atoms with E-state index in [9.17, 15) is 4.79 Å². The first kappa shape index (κ1) is 21.1. The summed E-state index contributed by atoms with van der Waals surface area (Å²) in [5.74, 6) is 0. The van der Waals surface area contributed by atoms with Gasteiger partial charge in [-0.05, 0) is 55.5 Å². The van der Waals surface area contributed by atoms with Crippen molar-refractivity contribution in [2.75, 3.05) is 37.6 Å². The summed E-state index contributed by atoms with van der Waals surface area (Å²) in [6.07, 6.45) is 0.876. The first-order chi connectivity index (χ1) is 12.6. The van der Waals surface area contributed by atoms with E-state index in [-0.39, 0.29) is 18.4 Å². The number of hydrogen-bond donors (Lipinski definition) is 1. The number of nitrogens with zero attached hydrogens (tertiary/aromatic N) is 2. The van der Waals surface area contributed by atoms with Crippen molar-refractivity contribution < 1.29 is 4.79 Å². The van der Waals surface area contributed by atoms with Gasteiger partial charge in [0.15, 0.2) is 0 Å². The Hall–Kier alpha value is -2.20. The molecule has 0 bridgehead atoms. The molecular weight excluding hydrogens is 358 g/mol. The lowest BCUT2D eigenvalue weighted by molar-refractivity contribution is 0.194. The third-order valence-corrected chi connectivity index (χ3v) is 5.42. The highest BCUT2D eigenvalue weighted by molar-refractivity contribution is 5.85. The van der Waals surface area contributed by atoms with Gasteiger partial charge in [0.2, 0.25) is 0 Å². The van der Waals surface area contributed by atoms with Crippen LogP contribution < -0.4 is 10.2 Å². The molecule has 1 fully saturated rings. The Bertz CT molecular complexity index is 770. The molecule has 0 atom stereocenters. The van der Waals surface area contributed by atoms with Crippen LogP contribution in [0.4, 0.5) is 10.5 Å². The zero-order valence-electron chi connectivity index (χ0n) is 16.5. The van der Waals surface area contributed by atoms with Gasteiger partial charge in [0, 0.05) is 38.4 Å². The average molecular weight is 388 g/mol. The van der Waals surface area contributed by atoms with Crippen molar-refractivity contribution in [3.8, 4) is 0 Å². The second-order valence-corrected chi connectivity index (χ2v) is 7.10. The van der Waals surface area contributed by atoms with E-state index in [1.54, 1.807) is 0 Å². The first-order valence-electron chi connectivity index (χ1n) is 9.44. The number of carbonyl (C=O) groups is 1. The SMILES string of the molecule is Cc1ccccc1CCNC(=O)N1CCN(c2cccc(C)c2C)CC1.Cl. The van der Waals surface area contributed by atoms with Crippen LogP contribution in [0.15, 0.2) is 42.5 Å². The third kappa shape index (κ3) is 5.16. The van der Waals surface area contributed by atoms with Crippen LogP contribution in [0.2, 0.25) is 0 Å². The van der Waals surface area contributed by atoms with Crippen LogP contribution in [0.25, 0.3) is 0 Å². The summed E-state index contributed by atoms with van der Waals surface area (Å²) in [7, 11) is 0. The van der Waals surface area contributed by atoms with Gasteiger partial charge in [-0.25, -0.2) is 4.79 Å². The molecule has 0 unspecified atom stereocenters. The lowest BCUT2D eigenvalue weighted by Crippen LogP contribution is -2.52. The van der Waals surface area contributed by atoms with Crippen molar-refractivity contribution in [1.82, 2.24) is 10.2 Å². The van der Waals surface area contributed by atoms with E-state index in [2.05, 4.69) is 67.4 Å². The molecule has 2 amide bonds. The molecule has 0 aromatic heterocycles. The van der Waals surface area contributed by atoms with E-state index < -0.39 is 0 Å². The van der Waals surface area contributed by atoms with Gasteiger partial charge < -0.3 is 15.1 Å². The molecule has 3 rings (SSSR count). The second-order valence-electron chi connectivity index (χ2n) is 7.10. The van der Waals surface area contributed by atoms with Gasteiger partial charge in [0.05, 0.1) is 0 Å². The molecule has 1 heterocycles. The molecule has 2 aromatic rings. The highest BCUT2D eigenvalue weighted by Gasteiger charge is 2.22. The molecule has 0 saturated carbocycles. The quantitative estimate of drug-likeness (QED) is 0.856. The van der Waals surface area contributed by atoms with Gasteiger partial charge in [0.1, 0.15) is 0 Å². The van der Waals surface area contributed by atoms with Crippen LogP contribution in [0, 0.1) is 20.8 Å². The van der Waals surface area contributed by atoms with E-state index in [0.717, 1.165) is 32.6 Å². The van der Waals surface area contributed by atoms with Crippen LogP contribution in [0.5, 0.6) is 0 Å². The maximum Gasteiger partial charge on any atom is 0.317 e. The Balaban J connectivity index is 0.00000261. The van der Waals surface area contributed by atoms with Crippen LogP contribution in [-0.4, -0.2) is 43.7 Å². The molecule has 5 heteroatoms. The number of rotatable bonds is 4.